The molecule has 1 amide bonds. The number of aromatic nitrogens is 5. The first-order chi connectivity index (χ1) is 14.5. The molecule has 0 saturated carbocycles. The minimum absolute atomic E-state index is 0.0275. The molecule has 3 heterocycles. The SMILES string of the molecule is Cc1cc(C)n(-c2cc(NCCNC(=O)Cn3ccc4ccccc43)nc(C)n2)n1. The molecule has 2 N–H and O–H groups in total. The van der Waals surface area contributed by atoms with Crippen LogP contribution in [-0.4, -0.2) is 43.3 Å². The first kappa shape index (κ1) is 19.6. The molecule has 0 atom stereocenters. The summed E-state index contributed by atoms with van der Waals surface area (Å²) >= 11 is 0. The summed E-state index contributed by atoms with van der Waals surface area (Å²) in [5.74, 6) is 2.06. The van der Waals surface area contributed by atoms with E-state index in [2.05, 4.69) is 25.7 Å². The number of benzene rings is 1. The Morgan fingerprint density at radius 2 is 1.87 bits per heavy atom. The number of carbonyl (C=O) groups excluding carboxylic acids is 1. The number of para-hydroxylation sites is 1. The van der Waals surface area contributed by atoms with Crippen LogP contribution >= 0.6 is 0 Å². The highest BCUT2D eigenvalue weighted by molar-refractivity contribution is 5.83. The highest BCUT2D eigenvalue weighted by Gasteiger charge is 2.09. The predicted octanol–water partition coefficient (Wildman–Crippen LogP) is 2.77. The van der Waals surface area contributed by atoms with Crippen molar-refractivity contribution < 1.29 is 4.79 Å². The monoisotopic (exact) mass is 403 g/mol. The highest BCUT2D eigenvalue weighted by atomic mass is 16.1. The maximum atomic E-state index is 12.3. The summed E-state index contributed by atoms with van der Waals surface area (Å²) in [7, 11) is 0. The molecule has 1 aromatic carbocycles. The Morgan fingerprint density at radius 3 is 2.67 bits per heavy atom. The molecule has 30 heavy (non-hydrogen) atoms. The van der Waals surface area contributed by atoms with Gasteiger partial charge in [-0.3, -0.25) is 4.79 Å². The molecule has 3 aromatic heterocycles. The zero-order valence-corrected chi connectivity index (χ0v) is 17.4. The van der Waals surface area contributed by atoms with Gasteiger partial charge in [0.2, 0.25) is 5.91 Å². The van der Waals surface area contributed by atoms with Crippen molar-refractivity contribution in [2.45, 2.75) is 27.3 Å². The molecule has 0 radical (unpaired) electrons. The largest absolute Gasteiger partial charge is 0.368 e. The minimum Gasteiger partial charge on any atom is -0.368 e. The van der Waals surface area contributed by atoms with Gasteiger partial charge in [0, 0.05) is 36.6 Å². The van der Waals surface area contributed by atoms with Crippen molar-refractivity contribution in [3.05, 3.63) is 65.9 Å². The van der Waals surface area contributed by atoms with Crippen molar-refractivity contribution in [1.29, 1.82) is 0 Å². The molecule has 0 unspecified atom stereocenters. The quantitative estimate of drug-likeness (QED) is 0.463. The lowest BCUT2D eigenvalue weighted by molar-refractivity contribution is -0.121. The summed E-state index contributed by atoms with van der Waals surface area (Å²) in [5.41, 5.74) is 3.01. The Bertz CT molecular complexity index is 1190. The summed E-state index contributed by atoms with van der Waals surface area (Å²) in [5, 5.41) is 11.8. The van der Waals surface area contributed by atoms with Gasteiger partial charge in [0.25, 0.3) is 0 Å². The molecule has 4 rings (SSSR count). The highest BCUT2D eigenvalue weighted by Crippen LogP contribution is 2.15. The molecule has 0 saturated heterocycles. The number of nitrogens with zero attached hydrogens (tertiary/aromatic N) is 5. The van der Waals surface area contributed by atoms with Crippen molar-refractivity contribution in [2.24, 2.45) is 0 Å². The topological polar surface area (TPSA) is 89.7 Å². The van der Waals surface area contributed by atoms with Gasteiger partial charge in [-0.05, 0) is 44.4 Å². The van der Waals surface area contributed by atoms with Gasteiger partial charge < -0.3 is 15.2 Å². The van der Waals surface area contributed by atoms with E-state index in [4.69, 9.17) is 0 Å². The van der Waals surface area contributed by atoms with E-state index in [1.165, 1.54) is 0 Å². The second-order valence-electron chi connectivity index (χ2n) is 7.28. The summed E-state index contributed by atoms with van der Waals surface area (Å²) in [6, 6.07) is 13.9. The van der Waals surface area contributed by atoms with Crippen LogP contribution in [0.25, 0.3) is 16.7 Å². The smallest absolute Gasteiger partial charge is 0.240 e. The fraction of sp³-hybridized carbons (Fsp3) is 0.273. The normalized spacial score (nSPS) is 11.0. The first-order valence-corrected chi connectivity index (χ1v) is 9.93. The minimum atomic E-state index is -0.0275. The van der Waals surface area contributed by atoms with E-state index in [0.29, 0.717) is 31.3 Å². The lowest BCUT2D eigenvalue weighted by Crippen LogP contribution is -2.31. The Morgan fingerprint density at radius 1 is 1.03 bits per heavy atom. The van der Waals surface area contributed by atoms with E-state index in [0.717, 1.165) is 28.1 Å². The van der Waals surface area contributed by atoms with Crippen LogP contribution in [0.2, 0.25) is 0 Å². The maximum absolute atomic E-state index is 12.3. The van der Waals surface area contributed by atoms with Gasteiger partial charge >= 0.3 is 0 Å². The Hall–Kier alpha value is -3.68. The molecule has 0 aliphatic carbocycles. The van der Waals surface area contributed by atoms with Crippen LogP contribution in [0.15, 0.2) is 48.7 Å². The van der Waals surface area contributed by atoms with Crippen LogP contribution in [0, 0.1) is 20.8 Å². The number of aryl methyl sites for hydroxylation is 3. The third-order valence-electron chi connectivity index (χ3n) is 4.80. The summed E-state index contributed by atoms with van der Waals surface area (Å²) < 4.78 is 3.75. The molecule has 0 aliphatic rings. The van der Waals surface area contributed by atoms with Gasteiger partial charge in [-0.2, -0.15) is 5.10 Å². The molecule has 154 valence electrons. The summed E-state index contributed by atoms with van der Waals surface area (Å²) in [6.45, 7) is 7.15. The number of amides is 1. The van der Waals surface area contributed by atoms with Crippen LogP contribution in [0.3, 0.4) is 0 Å². The summed E-state index contributed by atoms with van der Waals surface area (Å²) in [4.78, 5) is 21.2. The van der Waals surface area contributed by atoms with E-state index < -0.39 is 0 Å². The van der Waals surface area contributed by atoms with E-state index in [9.17, 15) is 4.79 Å². The molecule has 0 spiro atoms. The van der Waals surface area contributed by atoms with E-state index in [1.54, 1.807) is 4.68 Å². The van der Waals surface area contributed by atoms with Crippen molar-refractivity contribution in [3.8, 4) is 5.82 Å². The zero-order valence-electron chi connectivity index (χ0n) is 17.4. The second kappa shape index (κ2) is 8.36. The van der Waals surface area contributed by atoms with Crippen LogP contribution in [0.4, 0.5) is 5.82 Å². The van der Waals surface area contributed by atoms with E-state index in [1.807, 2.05) is 74.0 Å². The van der Waals surface area contributed by atoms with Crippen LogP contribution < -0.4 is 10.6 Å². The van der Waals surface area contributed by atoms with Crippen LogP contribution in [-0.2, 0) is 11.3 Å². The molecule has 0 bridgehead atoms. The third kappa shape index (κ3) is 4.32. The average Bonchev–Trinajstić information content (AvgIpc) is 3.27. The lowest BCUT2D eigenvalue weighted by Gasteiger charge is -2.11. The fourth-order valence-corrected chi connectivity index (χ4v) is 3.49. The van der Waals surface area contributed by atoms with Crippen LogP contribution in [0.5, 0.6) is 0 Å². The fourth-order valence-electron chi connectivity index (χ4n) is 3.49. The number of hydrogen-bond acceptors (Lipinski definition) is 5. The van der Waals surface area contributed by atoms with Crippen molar-refractivity contribution in [1.82, 2.24) is 29.6 Å². The molecular weight excluding hydrogens is 378 g/mol. The first-order valence-electron chi connectivity index (χ1n) is 9.93. The van der Waals surface area contributed by atoms with Crippen LogP contribution in [0.1, 0.15) is 17.2 Å². The molecule has 8 heteroatoms. The summed E-state index contributed by atoms with van der Waals surface area (Å²) in [6.07, 6.45) is 1.94. The molecule has 0 aliphatic heterocycles. The van der Waals surface area contributed by atoms with Crippen molar-refractivity contribution in [2.75, 3.05) is 18.4 Å². The number of rotatable bonds is 7. The molecule has 0 fully saturated rings. The number of fused-ring (bicyclic) bond motifs is 1. The lowest BCUT2D eigenvalue weighted by atomic mass is 10.2. The Balaban J connectivity index is 1.32. The number of hydrogen-bond donors (Lipinski definition) is 2. The zero-order chi connectivity index (χ0) is 21.1. The van der Waals surface area contributed by atoms with E-state index >= 15 is 0 Å². The molecule has 8 nitrogen and oxygen atoms in total. The van der Waals surface area contributed by atoms with Crippen molar-refractivity contribution in [3.63, 3.8) is 0 Å². The molecular formula is C22H25N7O. The van der Waals surface area contributed by atoms with Gasteiger partial charge in [0.1, 0.15) is 18.2 Å². The molecule has 4 aromatic rings. The Kier molecular flexibility index (Phi) is 5.47. The number of nitrogens with one attached hydrogen (secondary N) is 2. The van der Waals surface area contributed by atoms with Gasteiger partial charge in [0.05, 0.1) is 5.69 Å². The third-order valence-corrected chi connectivity index (χ3v) is 4.80. The standard InChI is InChI=1S/C22H25N7O/c1-15-12-16(2)29(27-15)21-13-20(25-17(3)26-21)23-9-10-24-22(30)14-28-11-8-18-6-4-5-7-19(18)28/h4-8,11-13H,9-10,14H2,1-3H3,(H,24,30)(H,23,25,26). The second-order valence-corrected chi connectivity index (χ2v) is 7.28. The van der Waals surface area contributed by atoms with Gasteiger partial charge in [-0.1, -0.05) is 18.2 Å². The van der Waals surface area contributed by atoms with Gasteiger partial charge in [-0.25, -0.2) is 14.6 Å². The Labute approximate surface area is 175 Å². The maximum Gasteiger partial charge on any atom is 0.240 e. The van der Waals surface area contributed by atoms with Crippen molar-refractivity contribution >= 4 is 22.6 Å². The van der Waals surface area contributed by atoms with E-state index in [-0.39, 0.29) is 5.91 Å². The average molecular weight is 403 g/mol. The predicted molar refractivity (Wildman–Crippen MR) is 117 cm³/mol. The number of carbonyl (C=O) groups is 1. The number of anilines is 1. The van der Waals surface area contributed by atoms with Gasteiger partial charge in [0.15, 0.2) is 5.82 Å². The van der Waals surface area contributed by atoms with Gasteiger partial charge in [-0.15, -0.1) is 0 Å².